The van der Waals surface area contributed by atoms with Crippen LogP contribution in [0.2, 0.25) is 0 Å². The lowest BCUT2D eigenvalue weighted by Gasteiger charge is -2.21. The molecular formula is C13H19NO4. The van der Waals surface area contributed by atoms with Gasteiger partial charge in [0.2, 0.25) is 0 Å². The van der Waals surface area contributed by atoms with E-state index in [1.54, 1.807) is 6.92 Å². The van der Waals surface area contributed by atoms with Crippen LogP contribution < -0.4 is 5.32 Å². The molecule has 0 radical (unpaired) electrons. The lowest BCUT2D eigenvalue weighted by molar-refractivity contribution is -0.118. The van der Waals surface area contributed by atoms with Crippen LogP contribution in [0, 0.1) is 0 Å². The molecule has 0 aliphatic rings. The van der Waals surface area contributed by atoms with E-state index in [1.807, 2.05) is 30.3 Å². The van der Waals surface area contributed by atoms with E-state index in [0.29, 0.717) is 0 Å². The number of carbonyl (C=O) groups is 1. The summed E-state index contributed by atoms with van der Waals surface area (Å²) in [6.07, 6.45) is -0.986. The molecular weight excluding hydrogens is 234 g/mol. The highest BCUT2D eigenvalue weighted by molar-refractivity contribution is 5.67. The maximum absolute atomic E-state index is 11.5. The number of methoxy groups -OCH3 is 2. The van der Waals surface area contributed by atoms with E-state index >= 15 is 0 Å². The van der Waals surface area contributed by atoms with Gasteiger partial charge in [0.25, 0.3) is 0 Å². The third-order valence-corrected chi connectivity index (χ3v) is 2.43. The Bertz CT molecular complexity index is 351. The first-order chi connectivity index (χ1) is 8.67. The fourth-order valence-electron chi connectivity index (χ4n) is 1.52. The van der Waals surface area contributed by atoms with Crippen molar-refractivity contribution in [3.8, 4) is 0 Å². The number of hydrogen-bond donors (Lipinski definition) is 1. The lowest BCUT2D eigenvalue weighted by atomic mass is 10.2. The third kappa shape index (κ3) is 4.73. The van der Waals surface area contributed by atoms with Crippen molar-refractivity contribution in [1.29, 1.82) is 0 Å². The van der Waals surface area contributed by atoms with Gasteiger partial charge in [0.05, 0.1) is 6.04 Å². The first-order valence-corrected chi connectivity index (χ1v) is 5.70. The summed E-state index contributed by atoms with van der Waals surface area (Å²) in [5, 5.41) is 2.64. The van der Waals surface area contributed by atoms with Crippen LogP contribution in [0.3, 0.4) is 0 Å². The quantitative estimate of drug-likeness (QED) is 0.787. The van der Waals surface area contributed by atoms with Gasteiger partial charge in [-0.25, -0.2) is 4.79 Å². The molecule has 0 heterocycles. The molecule has 0 bridgehead atoms. The van der Waals surface area contributed by atoms with Crippen molar-refractivity contribution in [2.75, 3.05) is 14.2 Å². The molecule has 0 saturated heterocycles. The number of carbonyl (C=O) groups excluding carboxylic acids is 1. The molecule has 0 aliphatic carbocycles. The number of nitrogens with one attached hydrogen (secondary N) is 1. The Hall–Kier alpha value is -1.59. The van der Waals surface area contributed by atoms with Crippen LogP contribution >= 0.6 is 0 Å². The van der Waals surface area contributed by atoms with Crippen molar-refractivity contribution < 1.29 is 19.0 Å². The fourth-order valence-corrected chi connectivity index (χ4v) is 1.52. The van der Waals surface area contributed by atoms with Crippen LogP contribution in [0.1, 0.15) is 12.5 Å². The molecule has 1 N–H and O–H groups in total. The van der Waals surface area contributed by atoms with Crippen molar-refractivity contribution in [2.24, 2.45) is 0 Å². The molecule has 1 atom stereocenters. The molecule has 0 unspecified atom stereocenters. The average molecular weight is 253 g/mol. The van der Waals surface area contributed by atoms with Crippen molar-refractivity contribution in [3.63, 3.8) is 0 Å². The first-order valence-electron chi connectivity index (χ1n) is 5.70. The van der Waals surface area contributed by atoms with E-state index in [4.69, 9.17) is 14.2 Å². The molecule has 0 aromatic heterocycles. The minimum Gasteiger partial charge on any atom is -0.445 e. The summed E-state index contributed by atoms with van der Waals surface area (Å²) in [5.74, 6) is 0. The van der Waals surface area contributed by atoms with Crippen molar-refractivity contribution in [2.45, 2.75) is 25.9 Å². The van der Waals surface area contributed by atoms with Crippen LogP contribution in [-0.4, -0.2) is 32.6 Å². The highest BCUT2D eigenvalue weighted by atomic mass is 16.7. The molecule has 1 aromatic rings. The minimum atomic E-state index is -0.495. The highest BCUT2D eigenvalue weighted by Gasteiger charge is 2.18. The van der Waals surface area contributed by atoms with Gasteiger partial charge in [-0.05, 0) is 12.5 Å². The van der Waals surface area contributed by atoms with E-state index in [-0.39, 0.29) is 12.6 Å². The van der Waals surface area contributed by atoms with Crippen LogP contribution in [0.25, 0.3) is 0 Å². The largest absolute Gasteiger partial charge is 0.445 e. The van der Waals surface area contributed by atoms with E-state index in [9.17, 15) is 4.79 Å². The van der Waals surface area contributed by atoms with Gasteiger partial charge in [-0.1, -0.05) is 30.3 Å². The first kappa shape index (κ1) is 14.5. The highest BCUT2D eigenvalue weighted by Crippen LogP contribution is 2.02. The number of ether oxygens (including phenoxy) is 3. The summed E-state index contributed by atoms with van der Waals surface area (Å²) >= 11 is 0. The zero-order valence-corrected chi connectivity index (χ0v) is 10.9. The Labute approximate surface area is 107 Å². The summed E-state index contributed by atoms with van der Waals surface area (Å²) in [7, 11) is 3.03. The number of hydrogen-bond acceptors (Lipinski definition) is 4. The summed E-state index contributed by atoms with van der Waals surface area (Å²) in [6.45, 7) is 2.02. The lowest BCUT2D eigenvalue weighted by Crippen LogP contribution is -2.43. The van der Waals surface area contributed by atoms with Crippen molar-refractivity contribution in [3.05, 3.63) is 35.9 Å². The van der Waals surface area contributed by atoms with Crippen LogP contribution in [0.4, 0.5) is 4.79 Å². The van der Waals surface area contributed by atoms with E-state index in [2.05, 4.69) is 5.32 Å². The van der Waals surface area contributed by atoms with Gasteiger partial charge >= 0.3 is 6.09 Å². The number of amides is 1. The molecule has 1 amide bonds. The molecule has 0 saturated carbocycles. The summed E-state index contributed by atoms with van der Waals surface area (Å²) in [6, 6.07) is 9.19. The zero-order chi connectivity index (χ0) is 13.4. The standard InChI is InChI=1S/C13H19NO4/c1-10(12(16-2)17-3)14-13(15)18-9-11-7-5-4-6-8-11/h4-8,10,12H,9H2,1-3H3,(H,14,15)/t10-/m0/s1. The van der Waals surface area contributed by atoms with E-state index in [0.717, 1.165) is 5.56 Å². The molecule has 5 heteroatoms. The Morgan fingerprint density at radius 1 is 1.22 bits per heavy atom. The molecule has 18 heavy (non-hydrogen) atoms. The number of alkyl carbamates (subject to hydrolysis) is 1. The van der Waals surface area contributed by atoms with Crippen LogP contribution in [0.15, 0.2) is 30.3 Å². The predicted octanol–water partition coefficient (Wildman–Crippen LogP) is 1.92. The molecule has 100 valence electrons. The maximum Gasteiger partial charge on any atom is 0.407 e. The normalized spacial score (nSPS) is 12.2. The Morgan fingerprint density at radius 2 is 1.83 bits per heavy atom. The molecule has 0 spiro atoms. The summed E-state index contributed by atoms with van der Waals surface area (Å²) in [4.78, 5) is 11.5. The van der Waals surface area contributed by atoms with Gasteiger partial charge in [0, 0.05) is 14.2 Å². The fraction of sp³-hybridized carbons (Fsp3) is 0.462. The summed E-state index contributed by atoms with van der Waals surface area (Å²) in [5.41, 5.74) is 0.940. The zero-order valence-electron chi connectivity index (χ0n) is 10.9. The molecule has 0 aliphatic heterocycles. The monoisotopic (exact) mass is 253 g/mol. The second-order valence-electron chi connectivity index (χ2n) is 3.83. The number of benzene rings is 1. The van der Waals surface area contributed by atoms with E-state index in [1.165, 1.54) is 14.2 Å². The van der Waals surface area contributed by atoms with Crippen LogP contribution in [0.5, 0.6) is 0 Å². The van der Waals surface area contributed by atoms with Gasteiger partial charge in [-0.3, -0.25) is 0 Å². The molecule has 1 aromatic carbocycles. The summed E-state index contributed by atoms with van der Waals surface area (Å²) < 4.78 is 15.1. The molecule has 5 nitrogen and oxygen atoms in total. The second kappa shape index (κ2) is 7.68. The maximum atomic E-state index is 11.5. The SMILES string of the molecule is COC(OC)[C@H](C)NC(=O)OCc1ccccc1. The predicted molar refractivity (Wildman–Crippen MR) is 67.0 cm³/mol. The van der Waals surface area contributed by atoms with Gasteiger partial charge in [-0.15, -0.1) is 0 Å². The average Bonchev–Trinajstić information content (AvgIpc) is 2.39. The second-order valence-corrected chi connectivity index (χ2v) is 3.83. The van der Waals surface area contributed by atoms with Gasteiger partial charge in [0.15, 0.2) is 6.29 Å². The molecule has 0 fully saturated rings. The Morgan fingerprint density at radius 3 is 2.39 bits per heavy atom. The van der Waals surface area contributed by atoms with Gasteiger partial charge in [-0.2, -0.15) is 0 Å². The molecule has 1 rings (SSSR count). The number of rotatable bonds is 6. The van der Waals surface area contributed by atoms with Crippen LogP contribution in [-0.2, 0) is 20.8 Å². The topological polar surface area (TPSA) is 56.8 Å². The van der Waals surface area contributed by atoms with Crippen molar-refractivity contribution >= 4 is 6.09 Å². The van der Waals surface area contributed by atoms with E-state index < -0.39 is 12.4 Å². The third-order valence-electron chi connectivity index (χ3n) is 2.43. The van der Waals surface area contributed by atoms with Gasteiger partial charge < -0.3 is 19.5 Å². The smallest absolute Gasteiger partial charge is 0.407 e. The Balaban J connectivity index is 2.33. The minimum absolute atomic E-state index is 0.240. The Kier molecular flexibility index (Phi) is 6.18. The van der Waals surface area contributed by atoms with Crippen molar-refractivity contribution in [1.82, 2.24) is 5.32 Å². The van der Waals surface area contributed by atoms with Gasteiger partial charge in [0.1, 0.15) is 6.61 Å².